The summed E-state index contributed by atoms with van der Waals surface area (Å²) in [4.78, 5) is 11.6. The van der Waals surface area contributed by atoms with Crippen molar-refractivity contribution >= 4 is 5.78 Å². The zero-order valence-electron chi connectivity index (χ0n) is 8.78. The molecule has 0 heterocycles. The zero-order chi connectivity index (χ0) is 11.1. The summed E-state index contributed by atoms with van der Waals surface area (Å²) < 4.78 is 0. The van der Waals surface area contributed by atoms with E-state index < -0.39 is 0 Å². The van der Waals surface area contributed by atoms with Gasteiger partial charge >= 0.3 is 0 Å². The van der Waals surface area contributed by atoms with E-state index in [1.807, 2.05) is 6.08 Å². The van der Waals surface area contributed by atoms with Crippen molar-refractivity contribution in [3.05, 3.63) is 42.5 Å². The van der Waals surface area contributed by atoms with Crippen molar-refractivity contribution in [3.8, 4) is 5.75 Å². The number of hydrogen-bond donors (Lipinski definition) is 1. The summed E-state index contributed by atoms with van der Waals surface area (Å²) in [6.07, 6.45) is 5.10. The second kappa shape index (κ2) is 6.02. The van der Waals surface area contributed by atoms with Crippen LogP contribution >= 0.6 is 0 Å². The van der Waals surface area contributed by atoms with E-state index in [9.17, 15) is 9.90 Å². The molecule has 1 aromatic rings. The Balaban J connectivity index is 2.47. The van der Waals surface area contributed by atoms with Crippen molar-refractivity contribution in [2.45, 2.75) is 25.7 Å². The number of phenolic OH excluding ortho intramolecular Hbond substituents is 1. The fraction of sp³-hybridized carbons (Fsp3) is 0.308. The van der Waals surface area contributed by atoms with Crippen LogP contribution in [-0.4, -0.2) is 10.9 Å². The molecule has 2 nitrogen and oxygen atoms in total. The molecule has 0 aliphatic carbocycles. The standard InChI is InChI=1S/C13H16O2/c1-2-3-4-5-9-12(14)11-8-6-7-10-13(11)15/h2,6-8,10,15H,1,3-5,9H2. The fourth-order valence-electron chi connectivity index (χ4n) is 1.42. The Hall–Kier alpha value is -1.57. The van der Waals surface area contributed by atoms with E-state index in [2.05, 4.69) is 6.58 Å². The smallest absolute Gasteiger partial charge is 0.166 e. The maximum atomic E-state index is 11.6. The highest BCUT2D eigenvalue weighted by molar-refractivity contribution is 5.98. The molecule has 0 aliphatic rings. The van der Waals surface area contributed by atoms with Crippen molar-refractivity contribution in [3.63, 3.8) is 0 Å². The van der Waals surface area contributed by atoms with Crippen molar-refractivity contribution in [1.82, 2.24) is 0 Å². The summed E-state index contributed by atoms with van der Waals surface area (Å²) in [5.41, 5.74) is 0.427. The summed E-state index contributed by atoms with van der Waals surface area (Å²) >= 11 is 0. The number of unbranched alkanes of at least 4 members (excludes halogenated alkanes) is 2. The Morgan fingerprint density at radius 2 is 2.07 bits per heavy atom. The molecule has 15 heavy (non-hydrogen) atoms. The SMILES string of the molecule is C=CCCCCC(=O)c1ccccc1O. The molecule has 1 aromatic carbocycles. The maximum Gasteiger partial charge on any atom is 0.166 e. The summed E-state index contributed by atoms with van der Waals surface area (Å²) in [6, 6.07) is 6.67. The molecule has 0 atom stereocenters. The van der Waals surface area contributed by atoms with E-state index in [4.69, 9.17) is 0 Å². The highest BCUT2D eigenvalue weighted by Crippen LogP contribution is 2.18. The second-order valence-electron chi connectivity index (χ2n) is 3.47. The van der Waals surface area contributed by atoms with Crippen LogP contribution in [0.3, 0.4) is 0 Å². The first-order valence-corrected chi connectivity index (χ1v) is 5.18. The molecule has 80 valence electrons. The first-order valence-electron chi connectivity index (χ1n) is 5.18. The molecule has 0 radical (unpaired) electrons. The number of hydrogen-bond acceptors (Lipinski definition) is 2. The molecule has 0 amide bonds. The number of rotatable bonds is 6. The molecule has 1 rings (SSSR count). The van der Waals surface area contributed by atoms with Gasteiger partial charge in [-0.25, -0.2) is 0 Å². The number of carbonyl (C=O) groups is 1. The minimum absolute atomic E-state index is 0.0113. The Bertz CT molecular complexity index is 342. The summed E-state index contributed by atoms with van der Waals surface area (Å²) in [6.45, 7) is 3.62. The third kappa shape index (κ3) is 3.58. The number of aromatic hydroxyl groups is 1. The van der Waals surface area contributed by atoms with Gasteiger partial charge in [0.2, 0.25) is 0 Å². The van der Waals surface area contributed by atoms with E-state index >= 15 is 0 Å². The lowest BCUT2D eigenvalue weighted by Gasteiger charge is -2.02. The van der Waals surface area contributed by atoms with Crippen molar-refractivity contribution < 1.29 is 9.90 Å². The second-order valence-corrected chi connectivity index (χ2v) is 3.47. The van der Waals surface area contributed by atoms with Gasteiger partial charge in [-0.1, -0.05) is 18.2 Å². The predicted molar refractivity (Wildman–Crippen MR) is 61.1 cm³/mol. The van der Waals surface area contributed by atoms with E-state index in [1.54, 1.807) is 18.2 Å². The van der Waals surface area contributed by atoms with Crippen molar-refractivity contribution in [2.24, 2.45) is 0 Å². The monoisotopic (exact) mass is 204 g/mol. The largest absolute Gasteiger partial charge is 0.507 e. The number of benzene rings is 1. The van der Waals surface area contributed by atoms with Gasteiger partial charge in [0.1, 0.15) is 5.75 Å². The van der Waals surface area contributed by atoms with Gasteiger partial charge in [0.05, 0.1) is 5.56 Å². The molecule has 0 bridgehead atoms. The minimum Gasteiger partial charge on any atom is -0.507 e. The van der Waals surface area contributed by atoms with Gasteiger partial charge < -0.3 is 5.11 Å². The molecule has 0 saturated heterocycles. The number of ketones is 1. The van der Waals surface area contributed by atoms with Crippen molar-refractivity contribution in [1.29, 1.82) is 0 Å². The van der Waals surface area contributed by atoms with Crippen LogP contribution in [0, 0.1) is 0 Å². The third-order valence-corrected chi connectivity index (χ3v) is 2.27. The van der Waals surface area contributed by atoms with Crippen molar-refractivity contribution in [2.75, 3.05) is 0 Å². The highest BCUT2D eigenvalue weighted by atomic mass is 16.3. The predicted octanol–water partition coefficient (Wildman–Crippen LogP) is 3.32. The number of para-hydroxylation sites is 1. The lowest BCUT2D eigenvalue weighted by atomic mass is 10.0. The number of phenols is 1. The Labute approximate surface area is 90.3 Å². The summed E-state index contributed by atoms with van der Waals surface area (Å²) in [5.74, 6) is 0.0865. The molecule has 0 unspecified atom stereocenters. The van der Waals surface area contributed by atoms with E-state index in [-0.39, 0.29) is 11.5 Å². The number of allylic oxidation sites excluding steroid dienone is 1. The summed E-state index contributed by atoms with van der Waals surface area (Å²) in [5, 5.41) is 9.45. The van der Waals surface area contributed by atoms with E-state index in [1.165, 1.54) is 6.07 Å². The first kappa shape index (κ1) is 11.5. The Kier molecular flexibility index (Phi) is 4.61. The average Bonchev–Trinajstić information content (AvgIpc) is 2.25. The quantitative estimate of drug-likeness (QED) is 0.438. The van der Waals surface area contributed by atoms with Crippen LogP contribution in [0.25, 0.3) is 0 Å². The van der Waals surface area contributed by atoms with Gasteiger partial charge in [0.15, 0.2) is 5.78 Å². The molecule has 1 N–H and O–H groups in total. The molecule has 0 fully saturated rings. The van der Waals surface area contributed by atoms with Crippen LogP contribution in [0.4, 0.5) is 0 Å². The van der Waals surface area contributed by atoms with Crippen LogP contribution < -0.4 is 0 Å². The lowest BCUT2D eigenvalue weighted by Crippen LogP contribution is -1.98. The first-order chi connectivity index (χ1) is 7.25. The molecule has 0 aromatic heterocycles. The lowest BCUT2D eigenvalue weighted by molar-refractivity contribution is 0.0977. The van der Waals surface area contributed by atoms with Crippen LogP contribution in [0.2, 0.25) is 0 Å². The molecular weight excluding hydrogens is 188 g/mol. The van der Waals surface area contributed by atoms with Gasteiger partial charge in [-0.3, -0.25) is 4.79 Å². The van der Waals surface area contributed by atoms with Crippen LogP contribution in [0.1, 0.15) is 36.0 Å². The highest BCUT2D eigenvalue weighted by Gasteiger charge is 2.08. The van der Waals surface area contributed by atoms with Crippen LogP contribution in [0.15, 0.2) is 36.9 Å². The average molecular weight is 204 g/mol. The molecule has 2 heteroatoms. The third-order valence-electron chi connectivity index (χ3n) is 2.27. The molecule has 0 saturated carbocycles. The minimum atomic E-state index is 0.0113. The number of carbonyl (C=O) groups excluding carboxylic acids is 1. The van der Waals surface area contributed by atoms with Gasteiger partial charge in [-0.05, 0) is 31.4 Å². The molecular formula is C13H16O2. The summed E-state index contributed by atoms with van der Waals surface area (Å²) in [7, 11) is 0. The van der Waals surface area contributed by atoms with Gasteiger partial charge in [0, 0.05) is 6.42 Å². The topological polar surface area (TPSA) is 37.3 Å². The van der Waals surface area contributed by atoms with Crippen LogP contribution in [-0.2, 0) is 0 Å². The fourth-order valence-corrected chi connectivity index (χ4v) is 1.42. The Morgan fingerprint density at radius 1 is 1.33 bits per heavy atom. The molecule has 0 spiro atoms. The number of Topliss-reactive ketones (excluding diaryl/α,β-unsaturated/α-hetero) is 1. The van der Waals surface area contributed by atoms with E-state index in [0.717, 1.165) is 19.3 Å². The van der Waals surface area contributed by atoms with Gasteiger partial charge in [-0.2, -0.15) is 0 Å². The molecule has 0 aliphatic heterocycles. The maximum absolute atomic E-state index is 11.6. The van der Waals surface area contributed by atoms with Gasteiger partial charge in [0.25, 0.3) is 0 Å². The van der Waals surface area contributed by atoms with Gasteiger partial charge in [-0.15, -0.1) is 6.58 Å². The van der Waals surface area contributed by atoms with E-state index in [0.29, 0.717) is 12.0 Å². The Morgan fingerprint density at radius 3 is 2.73 bits per heavy atom. The van der Waals surface area contributed by atoms with Crippen LogP contribution in [0.5, 0.6) is 5.75 Å². The normalized spacial score (nSPS) is 9.87. The zero-order valence-corrected chi connectivity index (χ0v) is 8.78.